The molecule has 1 aromatic heterocycles. The number of hydrogen-bond acceptors (Lipinski definition) is 4. The predicted octanol–water partition coefficient (Wildman–Crippen LogP) is 2.04. The fourth-order valence-electron chi connectivity index (χ4n) is 2.43. The van der Waals surface area contributed by atoms with Crippen LogP contribution in [0.15, 0.2) is 21.7 Å². The van der Waals surface area contributed by atoms with Crippen molar-refractivity contribution in [3.63, 3.8) is 0 Å². The molecule has 0 spiro atoms. The maximum atomic E-state index is 12.4. The van der Waals surface area contributed by atoms with Gasteiger partial charge in [0, 0.05) is 0 Å². The lowest BCUT2D eigenvalue weighted by Gasteiger charge is -2.29. The van der Waals surface area contributed by atoms with Gasteiger partial charge in [0.15, 0.2) is 9.84 Å². The fraction of sp³-hybridized carbons (Fsp3) is 0.636. The highest BCUT2D eigenvalue weighted by Gasteiger charge is 2.36. The van der Waals surface area contributed by atoms with Crippen LogP contribution in [0.5, 0.6) is 0 Å². The molecule has 0 amide bonds. The molecule has 90 valence electrons. The molecule has 2 N–H and O–H groups in total. The first-order valence-electron chi connectivity index (χ1n) is 5.63. The van der Waals surface area contributed by atoms with Crippen LogP contribution in [0.1, 0.15) is 25.7 Å². The van der Waals surface area contributed by atoms with E-state index in [1.807, 2.05) is 5.38 Å². The van der Waals surface area contributed by atoms with Gasteiger partial charge >= 0.3 is 0 Å². The van der Waals surface area contributed by atoms with Crippen molar-refractivity contribution < 1.29 is 8.42 Å². The summed E-state index contributed by atoms with van der Waals surface area (Å²) in [5, 5.41) is 1.55. The molecule has 3 nitrogen and oxygen atoms in total. The van der Waals surface area contributed by atoms with Crippen LogP contribution in [0.3, 0.4) is 0 Å². The maximum Gasteiger partial charge on any atom is 0.190 e. The van der Waals surface area contributed by atoms with Gasteiger partial charge in [-0.3, -0.25) is 0 Å². The Bertz CT molecular complexity index is 425. The molecule has 2 unspecified atom stereocenters. The Balaban J connectivity index is 2.28. The summed E-state index contributed by atoms with van der Waals surface area (Å²) in [5.74, 6) is 0.140. The SMILES string of the molecule is NCC1CCCCC1S(=O)(=O)c1cccs1. The van der Waals surface area contributed by atoms with E-state index < -0.39 is 9.84 Å². The molecule has 1 saturated carbocycles. The van der Waals surface area contributed by atoms with Crippen LogP contribution >= 0.6 is 11.3 Å². The molecule has 0 aromatic carbocycles. The molecular formula is C11H17NO2S2. The highest BCUT2D eigenvalue weighted by atomic mass is 32.2. The minimum absolute atomic E-state index is 0.140. The molecule has 0 saturated heterocycles. The molecular weight excluding hydrogens is 242 g/mol. The molecule has 1 aliphatic rings. The Hall–Kier alpha value is -0.390. The van der Waals surface area contributed by atoms with Gasteiger partial charge in [-0.25, -0.2) is 8.42 Å². The van der Waals surface area contributed by atoms with Gasteiger partial charge in [-0.05, 0) is 36.8 Å². The van der Waals surface area contributed by atoms with E-state index in [0.29, 0.717) is 10.8 Å². The van der Waals surface area contributed by atoms with E-state index in [-0.39, 0.29) is 11.2 Å². The number of hydrogen-bond donors (Lipinski definition) is 1. The molecule has 1 heterocycles. The Morgan fingerprint density at radius 2 is 2.12 bits per heavy atom. The topological polar surface area (TPSA) is 60.2 Å². The zero-order valence-electron chi connectivity index (χ0n) is 9.13. The summed E-state index contributed by atoms with van der Waals surface area (Å²) in [5.41, 5.74) is 5.68. The summed E-state index contributed by atoms with van der Waals surface area (Å²) >= 11 is 1.31. The van der Waals surface area contributed by atoms with Crippen molar-refractivity contribution in [1.29, 1.82) is 0 Å². The predicted molar refractivity (Wildman–Crippen MR) is 66.3 cm³/mol. The van der Waals surface area contributed by atoms with E-state index in [9.17, 15) is 8.42 Å². The quantitative estimate of drug-likeness (QED) is 0.903. The average molecular weight is 259 g/mol. The van der Waals surface area contributed by atoms with Crippen LogP contribution < -0.4 is 5.73 Å². The van der Waals surface area contributed by atoms with Gasteiger partial charge in [0.25, 0.3) is 0 Å². The third kappa shape index (κ3) is 2.17. The zero-order valence-corrected chi connectivity index (χ0v) is 10.8. The van der Waals surface area contributed by atoms with E-state index in [0.717, 1.165) is 25.7 Å². The largest absolute Gasteiger partial charge is 0.330 e. The van der Waals surface area contributed by atoms with E-state index in [1.165, 1.54) is 11.3 Å². The van der Waals surface area contributed by atoms with Crippen LogP contribution in [-0.4, -0.2) is 20.2 Å². The van der Waals surface area contributed by atoms with Crippen molar-refractivity contribution in [1.82, 2.24) is 0 Å². The average Bonchev–Trinajstić information content (AvgIpc) is 2.83. The number of sulfone groups is 1. The summed E-state index contributed by atoms with van der Waals surface area (Å²) in [6.45, 7) is 0.481. The molecule has 0 bridgehead atoms. The number of rotatable bonds is 3. The molecule has 5 heteroatoms. The second-order valence-corrected chi connectivity index (χ2v) is 7.64. The molecule has 2 rings (SSSR count). The Morgan fingerprint density at radius 3 is 2.75 bits per heavy atom. The minimum atomic E-state index is -3.14. The lowest BCUT2D eigenvalue weighted by Crippen LogP contribution is -2.36. The van der Waals surface area contributed by atoms with Gasteiger partial charge in [0.2, 0.25) is 0 Å². The monoisotopic (exact) mass is 259 g/mol. The summed E-state index contributed by atoms with van der Waals surface area (Å²) in [6.07, 6.45) is 3.83. The minimum Gasteiger partial charge on any atom is -0.330 e. The Kier molecular flexibility index (Phi) is 3.66. The first-order chi connectivity index (χ1) is 7.66. The lowest BCUT2D eigenvalue weighted by molar-refractivity contribution is 0.363. The van der Waals surface area contributed by atoms with Crippen LogP contribution in [0.2, 0.25) is 0 Å². The number of nitrogens with two attached hydrogens (primary N) is 1. The lowest BCUT2D eigenvalue weighted by atomic mass is 9.89. The maximum absolute atomic E-state index is 12.4. The van der Waals surface area contributed by atoms with Crippen molar-refractivity contribution in [2.75, 3.05) is 6.54 Å². The van der Waals surface area contributed by atoms with Crippen LogP contribution in [0, 0.1) is 5.92 Å². The van der Waals surface area contributed by atoms with Gasteiger partial charge < -0.3 is 5.73 Å². The zero-order chi connectivity index (χ0) is 11.6. The van der Waals surface area contributed by atoms with Crippen LogP contribution in [0.25, 0.3) is 0 Å². The fourth-order valence-corrected chi connectivity index (χ4v) is 5.75. The van der Waals surface area contributed by atoms with Crippen molar-refractivity contribution in [2.45, 2.75) is 35.1 Å². The molecule has 1 fully saturated rings. The molecule has 1 aliphatic carbocycles. The van der Waals surface area contributed by atoms with Crippen LogP contribution in [-0.2, 0) is 9.84 Å². The molecule has 1 aromatic rings. The first-order valence-corrected chi connectivity index (χ1v) is 8.06. The summed E-state index contributed by atoms with van der Waals surface area (Å²) in [4.78, 5) is 0. The van der Waals surface area contributed by atoms with Crippen molar-refractivity contribution in [3.8, 4) is 0 Å². The third-order valence-corrected chi connectivity index (χ3v) is 7.08. The Morgan fingerprint density at radius 1 is 1.38 bits per heavy atom. The smallest absolute Gasteiger partial charge is 0.190 e. The Labute approximate surface area is 101 Å². The van der Waals surface area contributed by atoms with Gasteiger partial charge in [-0.2, -0.15) is 0 Å². The summed E-state index contributed by atoms with van der Waals surface area (Å²) in [6, 6.07) is 3.49. The summed E-state index contributed by atoms with van der Waals surface area (Å²) < 4.78 is 25.2. The van der Waals surface area contributed by atoms with Gasteiger partial charge in [0.05, 0.1) is 5.25 Å². The molecule has 16 heavy (non-hydrogen) atoms. The number of thiophene rings is 1. The first kappa shape index (κ1) is 12.1. The summed E-state index contributed by atoms with van der Waals surface area (Å²) in [7, 11) is -3.14. The normalized spacial score (nSPS) is 26.8. The standard InChI is InChI=1S/C11H17NO2S2/c12-8-9-4-1-2-5-10(9)16(13,14)11-6-3-7-15-11/h3,6-7,9-10H,1-2,4-5,8,12H2. The van der Waals surface area contributed by atoms with E-state index in [2.05, 4.69) is 0 Å². The molecule has 0 radical (unpaired) electrons. The highest BCUT2D eigenvalue weighted by molar-refractivity contribution is 7.94. The highest BCUT2D eigenvalue weighted by Crippen LogP contribution is 2.34. The second-order valence-electron chi connectivity index (χ2n) is 4.30. The van der Waals surface area contributed by atoms with Gasteiger partial charge in [0.1, 0.15) is 4.21 Å². The van der Waals surface area contributed by atoms with E-state index >= 15 is 0 Å². The van der Waals surface area contributed by atoms with Crippen LogP contribution in [0.4, 0.5) is 0 Å². The van der Waals surface area contributed by atoms with Crippen molar-refractivity contribution in [2.24, 2.45) is 11.7 Å². The second kappa shape index (κ2) is 4.85. The van der Waals surface area contributed by atoms with Crippen molar-refractivity contribution >= 4 is 21.2 Å². The molecule has 0 aliphatic heterocycles. The molecule has 2 atom stereocenters. The van der Waals surface area contributed by atoms with Gasteiger partial charge in [-0.1, -0.05) is 18.9 Å². The van der Waals surface area contributed by atoms with E-state index in [4.69, 9.17) is 5.73 Å². The van der Waals surface area contributed by atoms with E-state index in [1.54, 1.807) is 12.1 Å². The third-order valence-electron chi connectivity index (χ3n) is 3.32. The van der Waals surface area contributed by atoms with Gasteiger partial charge in [-0.15, -0.1) is 11.3 Å². The van der Waals surface area contributed by atoms with Crippen molar-refractivity contribution in [3.05, 3.63) is 17.5 Å².